The average Bonchev–Trinajstić information content (AvgIpc) is 0.950. The summed E-state index contributed by atoms with van der Waals surface area (Å²) < 4.78 is 0. The second-order valence-electron chi connectivity index (χ2n) is 43.1. The van der Waals surface area contributed by atoms with Crippen molar-refractivity contribution in [1.29, 1.82) is 0 Å². The Balaban J connectivity index is 0. The smallest absolute Gasteiger partial charge is 0.221 e. The minimum Gasteiger partial charge on any atom is -0.392 e. The SMILES string of the molecule is CCCCCCCCCCCCCCCCCCNC(=O)CCNCC(O)CN(CCCCCCCCCCCCCC)CCCCN(CCCCCCCCCCCCCC)CC(O)CN.CCCCCCCCCCCCCCN(CCCCN(CCCCCCCCCCCCCC)CC(O)CNCCC(=O)NCCCCCCCC)CC(O)CCCCC(=O)NCCCCCCCC. The maximum absolute atomic E-state index is 12.5. The highest BCUT2D eigenvalue weighted by atomic mass is 16.3. The van der Waals surface area contributed by atoms with Gasteiger partial charge in [0.2, 0.25) is 17.7 Å². The first kappa shape index (κ1) is 137. The molecule has 17 nitrogen and oxygen atoms in total. The van der Waals surface area contributed by atoms with Gasteiger partial charge in [-0.25, -0.2) is 0 Å². The van der Waals surface area contributed by atoms with Gasteiger partial charge in [-0.3, -0.25) is 14.4 Å². The summed E-state index contributed by atoms with van der Waals surface area (Å²) in [5, 5.41) is 59.9. The summed E-state index contributed by atoms with van der Waals surface area (Å²) in [6.45, 7) is 31.6. The molecule has 4 atom stereocenters. The Morgan fingerprint density at radius 1 is 0.197 bits per heavy atom. The van der Waals surface area contributed by atoms with Gasteiger partial charge in [-0.15, -0.1) is 0 Å². The minimum absolute atomic E-state index is 0.0999. The quantitative estimate of drug-likeness (QED) is 0.0256. The molecule has 0 spiro atoms. The van der Waals surface area contributed by atoms with Crippen LogP contribution in [0, 0.1) is 0 Å². The van der Waals surface area contributed by atoms with Crippen LogP contribution in [0.4, 0.5) is 0 Å². The molecule has 0 saturated heterocycles. The van der Waals surface area contributed by atoms with Gasteiger partial charge in [0.05, 0.1) is 24.4 Å². The van der Waals surface area contributed by atoms with Crippen LogP contribution in [0.15, 0.2) is 0 Å². The largest absolute Gasteiger partial charge is 0.392 e. The van der Waals surface area contributed by atoms with Crippen molar-refractivity contribution in [1.82, 2.24) is 46.2 Å². The van der Waals surface area contributed by atoms with Crippen molar-refractivity contribution < 1.29 is 34.8 Å². The second kappa shape index (κ2) is 118. The molecule has 0 heterocycles. The van der Waals surface area contributed by atoms with Crippen LogP contribution in [0.1, 0.15) is 601 Å². The zero-order valence-electron chi connectivity index (χ0n) is 93.6. The normalized spacial score (nSPS) is 12.7. The minimum atomic E-state index is -0.465. The summed E-state index contributed by atoms with van der Waals surface area (Å²) in [7, 11) is 0. The lowest BCUT2D eigenvalue weighted by Crippen LogP contribution is -2.40. The Hall–Kier alpha value is -2.03. The molecule has 0 aliphatic carbocycles. The molecular weight excluding hydrogens is 1690 g/mol. The molecular formula is C120H248N10O7. The number of amides is 3. The number of hydrogen-bond acceptors (Lipinski definition) is 14. The summed E-state index contributed by atoms with van der Waals surface area (Å²) in [5.41, 5.74) is 5.84. The fourth-order valence-electron chi connectivity index (χ4n) is 19.8. The maximum Gasteiger partial charge on any atom is 0.221 e. The number of aliphatic hydroxyl groups excluding tert-OH is 4. The third-order valence-corrected chi connectivity index (χ3v) is 28.9. The number of aliphatic hydroxyl groups is 4. The van der Waals surface area contributed by atoms with E-state index in [0.717, 1.165) is 136 Å². The van der Waals surface area contributed by atoms with Gasteiger partial charge in [0, 0.05) is 97.8 Å². The summed E-state index contributed by atoms with van der Waals surface area (Å²) in [6, 6.07) is 0. The first-order valence-electron chi connectivity index (χ1n) is 61.8. The van der Waals surface area contributed by atoms with Crippen molar-refractivity contribution in [2.75, 3.05) is 131 Å². The Morgan fingerprint density at radius 2 is 0.365 bits per heavy atom. The van der Waals surface area contributed by atoms with E-state index < -0.39 is 18.3 Å². The first-order valence-corrected chi connectivity index (χ1v) is 61.8. The number of rotatable bonds is 117. The zero-order valence-corrected chi connectivity index (χ0v) is 93.6. The van der Waals surface area contributed by atoms with E-state index in [1.54, 1.807) is 0 Å². The Morgan fingerprint density at radius 3 is 0.569 bits per heavy atom. The first-order chi connectivity index (χ1) is 67.3. The third-order valence-electron chi connectivity index (χ3n) is 28.9. The van der Waals surface area contributed by atoms with Crippen molar-refractivity contribution in [3.05, 3.63) is 0 Å². The van der Waals surface area contributed by atoms with Crippen molar-refractivity contribution in [2.45, 2.75) is 625 Å². The average molecular weight is 1940 g/mol. The molecule has 0 fully saturated rings. The van der Waals surface area contributed by atoms with Gasteiger partial charge in [0.1, 0.15) is 0 Å². The van der Waals surface area contributed by atoms with Gasteiger partial charge >= 0.3 is 0 Å². The molecule has 0 aromatic heterocycles. The number of nitrogens with one attached hydrogen (secondary N) is 5. The number of hydrogen-bond donors (Lipinski definition) is 10. The summed E-state index contributed by atoms with van der Waals surface area (Å²) in [6.07, 6.45) is 108. The molecule has 11 N–H and O–H groups in total. The van der Waals surface area contributed by atoms with E-state index in [1.165, 1.54) is 469 Å². The van der Waals surface area contributed by atoms with Crippen molar-refractivity contribution >= 4 is 17.7 Å². The molecule has 820 valence electrons. The molecule has 0 aliphatic heterocycles. The van der Waals surface area contributed by atoms with Crippen LogP contribution in [0.3, 0.4) is 0 Å². The Bertz CT molecular complexity index is 2220. The molecule has 0 bridgehead atoms. The summed E-state index contributed by atoms with van der Waals surface area (Å²) in [5.74, 6) is 0.373. The van der Waals surface area contributed by atoms with E-state index in [9.17, 15) is 34.8 Å². The van der Waals surface area contributed by atoms with Crippen LogP contribution < -0.4 is 32.3 Å². The Kier molecular flexibility index (Phi) is 118. The highest BCUT2D eigenvalue weighted by Gasteiger charge is 2.19. The van der Waals surface area contributed by atoms with Crippen LogP contribution in [-0.2, 0) is 14.4 Å². The lowest BCUT2D eigenvalue weighted by Gasteiger charge is -2.27. The van der Waals surface area contributed by atoms with E-state index >= 15 is 0 Å². The van der Waals surface area contributed by atoms with E-state index in [2.05, 4.69) is 94.6 Å². The molecule has 0 aromatic carbocycles. The highest BCUT2D eigenvalue weighted by molar-refractivity contribution is 5.76. The van der Waals surface area contributed by atoms with Crippen LogP contribution in [0.5, 0.6) is 0 Å². The van der Waals surface area contributed by atoms with E-state index in [0.29, 0.717) is 78.2 Å². The third kappa shape index (κ3) is 113. The fourth-order valence-corrected chi connectivity index (χ4v) is 19.8. The molecule has 3 amide bonds. The molecule has 137 heavy (non-hydrogen) atoms. The van der Waals surface area contributed by atoms with Gasteiger partial charge in [0.15, 0.2) is 0 Å². The lowest BCUT2D eigenvalue weighted by atomic mass is 10.0. The van der Waals surface area contributed by atoms with Crippen LogP contribution in [0.2, 0.25) is 0 Å². The van der Waals surface area contributed by atoms with Gasteiger partial charge in [0.25, 0.3) is 0 Å². The number of nitrogens with two attached hydrogens (primary N) is 1. The lowest BCUT2D eigenvalue weighted by molar-refractivity contribution is -0.122. The van der Waals surface area contributed by atoms with E-state index in [1.807, 2.05) is 0 Å². The molecule has 0 aromatic rings. The topological polar surface area (TPSA) is 231 Å². The maximum atomic E-state index is 12.5. The summed E-state index contributed by atoms with van der Waals surface area (Å²) >= 11 is 0. The predicted molar refractivity (Wildman–Crippen MR) is 600 cm³/mol. The van der Waals surface area contributed by atoms with E-state index in [4.69, 9.17) is 5.73 Å². The van der Waals surface area contributed by atoms with Gasteiger partial charge in [-0.05, 0) is 136 Å². The van der Waals surface area contributed by atoms with Crippen molar-refractivity contribution in [3.8, 4) is 0 Å². The van der Waals surface area contributed by atoms with Gasteiger partial charge in [-0.1, -0.05) is 498 Å². The number of unbranched alkanes of at least 4 members (excludes halogenated alkanes) is 72. The fraction of sp³-hybridized carbons (Fsp3) is 0.975. The molecule has 0 aliphatic rings. The molecule has 0 saturated carbocycles. The van der Waals surface area contributed by atoms with Gasteiger partial charge in [-0.2, -0.15) is 0 Å². The van der Waals surface area contributed by atoms with Crippen LogP contribution >= 0.6 is 0 Å². The predicted octanol–water partition coefficient (Wildman–Crippen LogP) is 29.8. The zero-order chi connectivity index (χ0) is 99.8. The van der Waals surface area contributed by atoms with Crippen LogP contribution in [-0.4, -0.2) is 213 Å². The number of carbonyl (C=O) groups excluding carboxylic acids is 3. The number of nitrogens with zero attached hydrogens (tertiary/aromatic N) is 4. The highest BCUT2D eigenvalue weighted by Crippen LogP contribution is 2.22. The second-order valence-corrected chi connectivity index (χ2v) is 43.1. The van der Waals surface area contributed by atoms with Crippen molar-refractivity contribution in [2.24, 2.45) is 5.73 Å². The van der Waals surface area contributed by atoms with Gasteiger partial charge < -0.3 is 72.3 Å². The van der Waals surface area contributed by atoms with Crippen LogP contribution in [0.25, 0.3) is 0 Å². The Labute approximate surface area is 855 Å². The monoisotopic (exact) mass is 1940 g/mol. The van der Waals surface area contributed by atoms with Crippen molar-refractivity contribution in [3.63, 3.8) is 0 Å². The van der Waals surface area contributed by atoms with E-state index in [-0.39, 0.29) is 23.8 Å². The number of carbonyl (C=O) groups is 3. The molecule has 4 unspecified atom stereocenters. The molecule has 0 radical (unpaired) electrons. The molecule has 0 rings (SSSR count). The standard InChI is InChI=1S/C61H125N5O4.C59H123N5O3/c1-5-9-13-17-21-23-25-27-29-31-35-41-51-65(56-58(67)45-37-38-46-60(69)63-48-39-33-19-15-11-7-3)53-43-44-54-66(52-42-36-32-30-28-26-24-22-18-14-10-6-2)57-59(68)55-62-50-47-61(70)64-49-40-34-20-16-12-8-4;1-4-7-10-13-16-19-22-25-26-27-28-29-32-35-38-41-47-62-59(67)46-48-61-54-58(66)56-64(50-43-40-37-34-31-24-21-18-15-12-9-6-3)52-45-44-51-63(55-57(65)53-60)49-42-39-36-33-30-23-20-17-14-11-8-5-2/h58-59,62,67-68H,5-57H2,1-4H3,(H,63,69)(H,64,70);57-58,61,65-66H,4-56,60H2,1-3H3,(H,62,67). The molecule has 17 heteroatoms. The summed E-state index contributed by atoms with van der Waals surface area (Å²) in [4.78, 5) is 47.3.